The van der Waals surface area contributed by atoms with Crippen molar-refractivity contribution < 1.29 is 0 Å². The van der Waals surface area contributed by atoms with Crippen LogP contribution in [0.1, 0.15) is 16.7 Å². The molecule has 3 rings (SSSR count). The van der Waals surface area contributed by atoms with Gasteiger partial charge in [-0.15, -0.1) is 0 Å². The normalized spacial score (nSPS) is 12.0. The van der Waals surface area contributed by atoms with Crippen LogP contribution in [0.5, 0.6) is 0 Å². The molecule has 2 N–H and O–H groups in total. The van der Waals surface area contributed by atoms with E-state index in [4.69, 9.17) is 5.73 Å². The number of rotatable bonds is 7. The zero-order valence-corrected chi connectivity index (χ0v) is 17.4. The van der Waals surface area contributed by atoms with Gasteiger partial charge in [-0.05, 0) is 69.4 Å². The topological polar surface area (TPSA) is 26.0 Å². The Balaban J connectivity index is 2.14. The Morgan fingerprint density at radius 1 is 0.867 bits per heavy atom. The van der Waals surface area contributed by atoms with Crippen molar-refractivity contribution in [2.45, 2.75) is 6.92 Å². The fraction of sp³-hybridized carbons (Fsp3) is 0.0345. The van der Waals surface area contributed by atoms with Gasteiger partial charge in [0.2, 0.25) is 0 Å². The zero-order chi connectivity index (χ0) is 21.3. The standard InChI is InChI=1S/C29H27N/c1-4-5-6-7-13-24-17-18-25(21-29(24)22(2)12-10-11-20-30)27-19-16-23(3)26-14-8-9-15-28(26)27/h4-21H,1-2,30H2,3H3/b6-5-,12-10-,13-7-,20-11-. The van der Waals surface area contributed by atoms with Crippen LogP contribution in [0.15, 0.2) is 116 Å². The van der Waals surface area contributed by atoms with Crippen LogP contribution in [0.4, 0.5) is 0 Å². The predicted molar refractivity (Wildman–Crippen MR) is 134 cm³/mol. The van der Waals surface area contributed by atoms with Gasteiger partial charge in [0.25, 0.3) is 0 Å². The molecule has 0 heterocycles. The molecule has 1 nitrogen and oxygen atoms in total. The highest BCUT2D eigenvalue weighted by Crippen LogP contribution is 2.33. The molecule has 0 saturated carbocycles. The molecule has 3 aromatic rings. The number of allylic oxidation sites excluding steroid dienone is 8. The summed E-state index contributed by atoms with van der Waals surface area (Å²) in [6.07, 6.45) is 16.9. The van der Waals surface area contributed by atoms with Crippen molar-refractivity contribution in [1.82, 2.24) is 0 Å². The lowest BCUT2D eigenvalue weighted by Gasteiger charge is -2.13. The van der Waals surface area contributed by atoms with E-state index in [0.29, 0.717) is 0 Å². The van der Waals surface area contributed by atoms with Crippen molar-refractivity contribution in [3.8, 4) is 11.1 Å². The number of benzene rings is 3. The van der Waals surface area contributed by atoms with Crippen LogP contribution in [0, 0.1) is 6.92 Å². The third-order valence-corrected chi connectivity index (χ3v) is 5.01. The highest BCUT2D eigenvalue weighted by molar-refractivity contribution is 5.99. The van der Waals surface area contributed by atoms with E-state index < -0.39 is 0 Å². The fourth-order valence-electron chi connectivity index (χ4n) is 3.48. The minimum Gasteiger partial charge on any atom is -0.405 e. The molecule has 0 bridgehead atoms. The molecule has 0 radical (unpaired) electrons. The summed E-state index contributed by atoms with van der Waals surface area (Å²) >= 11 is 0. The van der Waals surface area contributed by atoms with Crippen LogP contribution in [-0.4, -0.2) is 0 Å². The third-order valence-electron chi connectivity index (χ3n) is 5.01. The maximum Gasteiger partial charge on any atom is -0.00624 e. The van der Waals surface area contributed by atoms with E-state index in [-0.39, 0.29) is 0 Å². The average molecular weight is 390 g/mol. The number of hydrogen-bond acceptors (Lipinski definition) is 1. The first-order valence-corrected chi connectivity index (χ1v) is 9.98. The van der Waals surface area contributed by atoms with Crippen LogP contribution in [0.25, 0.3) is 33.5 Å². The van der Waals surface area contributed by atoms with Crippen LogP contribution < -0.4 is 5.73 Å². The summed E-state index contributed by atoms with van der Waals surface area (Å²) in [5, 5.41) is 2.54. The predicted octanol–water partition coefficient (Wildman–Crippen LogP) is 7.61. The summed E-state index contributed by atoms with van der Waals surface area (Å²) in [4.78, 5) is 0. The van der Waals surface area contributed by atoms with Crippen LogP contribution >= 0.6 is 0 Å². The summed E-state index contributed by atoms with van der Waals surface area (Å²) in [6, 6.07) is 19.5. The second kappa shape index (κ2) is 10.1. The largest absolute Gasteiger partial charge is 0.405 e. The van der Waals surface area contributed by atoms with E-state index in [1.165, 1.54) is 33.7 Å². The number of aryl methyl sites for hydroxylation is 1. The molecule has 0 saturated heterocycles. The van der Waals surface area contributed by atoms with E-state index >= 15 is 0 Å². The highest BCUT2D eigenvalue weighted by atomic mass is 14.5. The summed E-state index contributed by atoms with van der Waals surface area (Å²) < 4.78 is 0. The number of nitrogens with two attached hydrogens (primary N) is 1. The highest BCUT2D eigenvalue weighted by Gasteiger charge is 2.09. The Labute approximate surface area is 179 Å². The molecule has 0 aliphatic carbocycles. The Morgan fingerprint density at radius 2 is 1.67 bits per heavy atom. The zero-order valence-electron chi connectivity index (χ0n) is 17.4. The third kappa shape index (κ3) is 4.76. The monoisotopic (exact) mass is 389 g/mol. The van der Waals surface area contributed by atoms with Crippen LogP contribution in [-0.2, 0) is 0 Å². The average Bonchev–Trinajstić information content (AvgIpc) is 2.77. The van der Waals surface area contributed by atoms with Gasteiger partial charge in [-0.1, -0.05) is 104 Å². The molecule has 0 spiro atoms. The van der Waals surface area contributed by atoms with Gasteiger partial charge in [-0.3, -0.25) is 0 Å². The number of fused-ring (bicyclic) bond motifs is 1. The van der Waals surface area contributed by atoms with Crippen molar-refractivity contribution >= 4 is 22.4 Å². The van der Waals surface area contributed by atoms with Gasteiger partial charge in [0.05, 0.1) is 0 Å². The smallest absolute Gasteiger partial charge is 0.00624 e. The van der Waals surface area contributed by atoms with Crippen molar-refractivity contribution in [1.29, 1.82) is 0 Å². The second-order valence-electron chi connectivity index (χ2n) is 7.03. The van der Waals surface area contributed by atoms with Gasteiger partial charge in [-0.2, -0.15) is 0 Å². The molecule has 0 aliphatic heterocycles. The van der Waals surface area contributed by atoms with E-state index in [9.17, 15) is 0 Å². The molecule has 30 heavy (non-hydrogen) atoms. The minimum atomic E-state index is 0.929. The van der Waals surface area contributed by atoms with Crippen molar-refractivity contribution in [3.63, 3.8) is 0 Å². The second-order valence-corrected chi connectivity index (χ2v) is 7.03. The van der Waals surface area contributed by atoms with Gasteiger partial charge >= 0.3 is 0 Å². The van der Waals surface area contributed by atoms with Crippen LogP contribution in [0.3, 0.4) is 0 Å². The quantitative estimate of drug-likeness (QED) is 0.413. The molecule has 0 aromatic heterocycles. The Hall–Kier alpha value is -3.84. The molecule has 0 amide bonds. The van der Waals surface area contributed by atoms with Gasteiger partial charge in [0.1, 0.15) is 0 Å². The molecule has 0 fully saturated rings. The van der Waals surface area contributed by atoms with E-state index in [2.05, 4.69) is 80.8 Å². The van der Waals surface area contributed by atoms with E-state index in [1.54, 1.807) is 12.2 Å². The Kier molecular flexibility index (Phi) is 7.02. The molecule has 0 unspecified atom stereocenters. The lowest BCUT2D eigenvalue weighted by molar-refractivity contribution is 1.51. The number of hydrogen-bond donors (Lipinski definition) is 1. The molecule has 148 valence electrons. The molecule has 0 aliphatic rings. The Morgan fingerprint density at radius 3 is 2.43 bits per heavy atom. The fourth-order valence-corrected chi connectivity index (χ4v) is 3.48. The van der Waals surface area contributed by atoms with Crippen LogP contribution in [0.2, 0.25) is 0 Å². The summed E-state index contributed by atoms with van der Waals surface area (Å²) in [5.41, 5.74) is 12.2. The first-order valence-electron chi connectivity index (χ1n) is 9.98. The lowest BCUT2D eigenvalue weighted by Crippen LogP contribution is -1.90. The maximum atomic E-state index is 5.45. The molecule has 3 aromatic carbocycles. The summed E-state index contributed by atoms with van der Waals surface area (Å²) in [6.45, 7) is 10.1. The molecule has 0 atom stereocenters. The first-order chi connectivity index (χ1) is 14.7. The van der Waals surface area contributed by atoms with Crippen molar-refractivity contribution in [2.24, 2.45) is 5.73 Å². The van der Waals surface area contributed by atoms with Gasteiger partial charge in [0.15, 0.2) is 0 Å². The maximum absolute atomic E-state index is 5.45. The molecular weight excluding hydrogens is 362 g/mol. The van der Waals surface area contributed by atoms with Gasteiger partial charge in [-0.25, -0.2) is 0 Å². The molecule has 1 heteroatoms. The van der Waals surface area contributed by atoms with E-state index in [1.807, 2.05) is 30.4 Å². The van der Waals surface area contributed by atoms with Gasteiger partial charge in [0, 0.05) is 0 Å². The lowest BCUT2D eigenvalue weighted by atomic mass is 9.91. The van der Waals surface area contributed by atoms with Gasteiger partial charge < -0.3 is 5.73 Å². The Bertz CT molecular complexity index is 1190. The summed E-state index contributed by atoms with van der Waals surface area (Å²) in [7, 11) is 0. The molecular formula is C29H27N. The SMILES string of the molecule is C=C/C=C\C=C/c1ccc(-c2ccc(C)c3ccccc23)cc1C(=C)/C=C\C=C/N. The minimum absolute atomic E-state index is 0.929. The van der Waals surface area contributed by atoms with Crippen molar-refractivity contribution in [2.75, 3.05) is 0 Å². The van der Waals surface area contributed by atoms with E-state index in [0.717, 1.165) is 16.7 Å². The van der Waals surface area contributed by atoms with Crippen molar-refractivity contribution in [3.05, 3.63) is 133 Å². The summed E-state index contributed by atoms with van der Waals surface area (Å²) in [5.74, 6) is 0. The first kappa shape index (κ1) is 20.9.